The molecule has 2 bridgehead atoms. The standard InChI is InChI=1S/C11H20O.C2H3F3O2S.C2H6.W/c1-8-3-9-5-10(4-8)7-11(2,12)6-9;3-1(6)2(4,5)8-7;1-2;/h8-10,12H,3-7H2,1-2H3;1,6-7H;1-2H3;. The quantitative estimate of drug-likeness (QED) is 0.454. The zero-order chi connectivity index (χ0) is 17.6. The summed E-state index contributed by atoms with van der Waals surface area (Å²) in [5.74, 6) is 2.55. The molecule has 8 heteroatoms. The van der Waals surface area contributed by atoms with E-state index in [1.54, 1.807) is 0 Å². The SMILES string of the molecule is CC.CC1CC2CC(C1)CC(C)(O)C2.OSC(F)(F)C(O)F.[W]. The largest absolute Gasteiger partial charge is 0.390 e. The molecule has 2 rings (SSSR count). The fourth-order valence-corrected chi connectivity index (χ4v) is 3.69. The van der Waals surface area contributed by atoms with Gasteiger partial charge in [0.1, 0.15) is 0 Å². The van der Waals surface area contributed by atoms with Gasteiger partial charge in [-0.1, -0.05) is 20.8 Å². The van der Waals surface area contributed by atoms with E-state index in [4.69, 9.17) is 9.66 Å². The summed E-state index contributed by atoms with van der Waals surface area (Å²) in [4.78, 5) is 0. The fraction of sp³-hybridized carbons (Fsp3) is 1.00. The van der Waals surface area contributed by atoms with E-state index in [9.17, 15) is 18.3 Å². The molecule has 3 nitrogen and oxygen atoms in total. The van der Waals surface area contributed by atoms with Crippen molar-refractivity contribution in [3.05, 3.63) is 0 Å². The van der Waals surface area contributed by atoms with Gasteiger partial charge in [0.25, 0.3) is 6.36 Å². The van der Waals surface area contributed by atoms with E-state index in [0.717, 1.165) is 30.6 Å². The van der Waals surface area contributed by atoms with Crippen molar-refractivity contribution in [3.8, 4) is 0 Å². The molecule has 2 fully saturated rings. The van der Waals surface area contributed by atoms with Crippen LogP contribution in [-0.4, -0.2) is 32.0 Å². The second-order valence-electron chi connectivity index (χ2n) is 6.44. The summed E-state index contributed by atoms with van der Waals surface area (Å²) < 4.78 is 41.4. The van der Waals surface area contributed by atoms with Gasteiger partial charge in [0.15, 0.2) is 0 Å². The predicted octanol–water partition coefficient (Wildman–Crippen LogP) is 4.68. The maximum atomic E-state index is 11.4. The summed E-state index contributed by atoms with van der Waals surface area (Å²) in [7, 11) is 0. The molecule has 0 aliphatic heterocycles. The van der Waals surface area contributed by atoms with Gasteiger partial charge in [-0.2, -0.15) is 8.78 Å². The number of halogens is 3. The minimum absolute atomic E-state index is 0. The van der Waals surface area contributed by atoms with Crippen LogP contribution in [0.3, 0.4) is 0 Å². The van der Waals surface area contributed by atoms with Gasteiger partial charge in [-0.15, -0.1) is 0 Å². The first kappa shape index (κ1) is 25.9. The molecule has 0 aromatic heterocycles. The predicted molar refractivity (Wildman–Crippen MR) is 83.5 cm³/mol. The third kappa shape index (κ3) is 9.69. The molecule has 2 saturated carbocycles. The summed E-state index contributed by atoms with van der Waals surface area (Å²) in [6.07, 6.45) is 2.89. The van der Waals surface area contributed by atoms with Gasteiger partial charge < -0.3 is 14.8 Å². The molecule has 0 heterocycles. The Bertz CT molecular complexity index is 300. The number of aliphatic hydroxyl groups is 2. The summed E-state index contributed by atoms with van der Waals surface area (Å²) in [6, 6.07) is 0. The molecule has 0 spiro atoms. The van der Waals surface area contributed by atoms with Crippen LogP contribution in [0.2, 0.25) is 0 Å². The normalized spacial score (nSPS) is 33.9. The van der Waals surface area contributed by atoms with E-state index in [-0.39, 0.29) is 26.7 Å². The van der Waals surface area contributed by atoms with Crippen molar-refractivity contribution in [1.29, 1.82) is 0 Å². The number of rotatable bonds is 2. The van der Waals surface area contributed by atoms with Gasteiger partial charge in [0, 0.05) is 21.1 Å². The maximum absolute atomic E-state index is 11.4. The zero-order valence-corrected chi connectivity index (χ0v) is 17.9. The Morgan fingerprint density at radius 3 is 1.78 bits per heavy atom. The van der Waals surface area contributed by atoms with Crippen molar-refractivity contribution < 1.29 is 49.0 Å². The Kier molecular flexibility index (Phi) is 12.8. The molecule has 0 amide bonds. The van der Waals surface area contributed by atoms with Gasteiger partial charge in [0.05, 0.1) is 17.6 Å². The summed E-state index contributed by atoms with van der Waals surface area (Å²) in [5, 5.41) is 13.4. The van der Waals surface area contributed by atoms with E-state index in [1.807, 2.05) is 20.8 Å². The Hall–Kier alpha value is 0.708. The second kappa shape index (κ2) is 11.3. The molecule has 3 unspecified atom stereocenters. The van der Waals surface area contributed by atoms with Crippen molar-refractivity contribution >= 4 is 12.0 Å². The second-order valence-corrected chi connectivity index (χ2v) is 7.17. The maximum Gasteiger partial charge on any atom is 0.372 e. The first-order chi connectivity index (χ1) is 10.1. The summed E-state index contributed by atoms with van der Waals surface area (Å²) in [5.41, 5.74) is -0.340. The molecule has 0 saturated heterocycles. The summed E-state index contributed by atoms with van der Waals surface area (Å²) >= 11 is -1.02. The third-order valence-electron chi connectivity index (χ3n) is 3.99. The molecule has 0 radical (unpaired) electrons. The average Bonchev–Trinajstić information content (AvgIpc) is 2.38. The van der Waals surface area contributed by atoms with Gasteiger partial charge >= 0.3 is 5.25 Å². The summed E-state index contributed by atoms with van der Waals surface area (Å²) in [6.45, 7) is 8.38. The molecule has 0 aromatic rings. The minimum atomic E-state index is -4.10. The van der Waals surface area contributed by atoms with Crippen LogP contribution in [0, 0.1) is 17.8 Å². The van der Waals surface area contributed by atoms with Crippen LogP contribution in [0.4, 0.5) is 13.2 Å². The van der Waals surface area contributed by atoms with Crippen molar-refractivity contribution in [2.24, 2.45) is 17.8 Å². The molecular weight excluding hydrogens is 501 g/mol. The van der Waals surface area contributed by atoms with Crippen molar-refractivity contribution in [2.75, 3.05) is 0 Å². The van der Waals surface area contributed by atoms with Crippen LogP contribution in [0.15, 0.2) is 0 Å². The fourth-order valence-electron chi connectivity index (χ4n) is 3.60. The number of alkyl halides is 3. The van der Waals surface area contributed by atoms with Crippen molar-refractivity contribution in [2.45, 2.75) is 77.0 Å². The van der Waals surface area contributed by atoms with E-state index in [1.165, 1.54) is 19.3 Å². The number of aliphatic hydroxyl groups excluding tert-OH is 1. The van der Waals surface area contributed by atoms with Crippen molar-refractivity contribution in [1.82, 2.24) is 0 Å². The van der Waals surface area contributed by atoms with Crippen LogP contribution >= 0.6 is 12.0 Å². The molecule has 140 valence electrons. The van der Waals surface area contributed by atoms with Crippen molar-refractivity contribution in [3.63, 3.8) is 0 Å². The van der Waals surface area contributed by atoms with Crippen LogP contribution in [0.25, 0.3) is 0 Å². The van der Waals surface area contributed by atoms with Gasteiger partial charge in [0.2, 0.25) is 0 Å². The third-order valence-corrected chi connectivity index (χ3v) is 4.43. The molecule has 3 atom stereocenters. The number of hydrogen-bond acceptors (Lipinski definition) is 4. The Morgan fingerprint density at radius 2 is 1.52 bits per heavy atom. The zero-order valence-electron chi connectivity index (χ0n) is 14.1. The van der Waals surface area contributed by atoms with E-state index in [0.29, 0.717) is 0 Å². The number of fused-ring (bicyclic) bond motifs is 2. The topological polar surface area (TPSA) is 60.7 Å². The van der Waals surface area contributed by atoms with Crippen LogP contribution in [-0.2, 0) is 21.1 Å². The van der Waals surface area contributed by atoms with Gasteiger partial charge in [-0.25, -0.2) is 4.39 Å². The minimum Gasteiger partial charge on any atom is -0.390 e. The Morgan fingerprint density at radius 1 is 1.13 bits per heavy atom. The van der Waals surface area contributed by atoms with E-state index in [2.05, 4.69) is 6.92 Å². The molecular formula is C15H29F3O3SW. The molecule has 0 aromatic carbocycles. The van der Waals surface area contributed by atoms with Gasteiger partial charge in [-0.05, 0) is 56.8 Å². The van der Waals surface area contributed by atoms with E-state index >= 15 is 0 Å². The molecule has 2 aliphatic rings. The molecule has 3 N–H and O–H groups in total. The molecule has 23 heavy (non-hydrogen) atoms. The van der Waals surface area contributed by atoms with Crippen LogP contribution in [0.5, 0.6) is 0 Å². The van der Waals surface area contributed by atoms with Crippen LogP contribution < -0.4 is 0 Å². The van der Waals surface area contributed by atoms with Gasteiger partial charge in [-0.3, -0.25) is 0 Å². The monoisotopic (exact) mass is 530 g/mol. The number of hydrogen-bond donors (Lipinski definition) is 3. The smallest absolute Gasteiger partial charge is 0.372 e. The first-order valence-electron chi connectivity index (χ1n) is 7.80. The first-order valence-corrected chi connectivity index (χ1v) is 8.58. The Balaban J connectivity index is 0. The molecule has 2 aliphatic carbocycles. The van der Waals surface area contributed by atoms with Crippen LogP contribution in [0.1, 0.15) is 59.8 Å². The van der Waals surface area contributed by atoms with E-state index < -0.39 is 23.7 Å². The average molecular weight is 530 g/mol. The Labute approximate surface area is 155 Å².